The molecule has 1 aromatic carbocycles. The lowest BCUT2D eigenvalue weighted by atomic mass is 10.2. The summed E-state index contributed by atoms with van der Waals surface area (Å²) < 4.78 is 30.8. The Morgan fingerprint density at radius 2 is 2.12 bits per heavy atom. The molecule has 16 heavy (non-hydrogen) atoms. The Labute approximate surface area is 91.6 Å². The number of benzene rings is 1. The fourth-order valence-electron chi connectivity index (χ4n) is 1.38. The number of rotatable bonds is 3. The fraction of sp³-hybridized carbons (Fsp3) is 0.364. The van der Waals surface area contributed by atoms with Crippen LogP contribution in [0.1, 0.15) is 6.42 Å². The second-order valence-corrected chi connectivity index (χ2v) is 3.60. The number of hydrogen-bond acceptors (Lipinski definition) is 2. The van der Waals surface area contributed by atoms with Crippen LogP contribution in [0.25, 0.3) is 0 Å². The van der Waals surface area contributed by atoms with Crippen LogP contribution in [0.15, 0.2) is 18.2 Å². The van der Waals surface area contributed by atoms with Crippen LogP contribution in [0.2, 0.25) is 0 Å². The first-order valence-corrected chi connectivity index (χ1v) is 5.02. The molecule has 0 unspecified atom stereocenters. The smallest absolute Gasteiger partial charge is 0.260 e. The van der Waals surface area contributed by atoms with Gasteiger partial charge >= 0.3 is 0 Å². The lowest BCUT2D eigenvalue weighted by Crippen LogP contribution is -2.44. The number of carbonyl (C=O) groups excluding carboxylic acids is 1. The summed E-state index contributed by atoms with van der Waals surface area (Å²) in [6.45, 7) is 1.18. The first-order valence-electron chi connectivity index (χ1n) is 5.02. The van der Waals surface area contributed by atoms with Gasteiger partial charge in [0.2, 0.25) is 0 Å². The normalized spacial score (nSPS) is 14.5. The minimum absolute atomic E-state index is 0.199. The van der Waals surface area contributed by atoms with E-state index in [0.717, 1.165) is 24.6 Å². The van der Waals surface area contributed by atoms with Crippen molar-refractivity contribution in [3.63, 3.8) is 0 Å². The third-order valence-electron chi connectivity index (χ3n) is 2.45. The molecule has 1 heterocycles. The summed E-state index contributed by atoms with van der Waals surface area (Å²) in [7, 11) is 0. The average Bonchev–Trinajstić information content (AvgIpc) is 2.17. The number of nitrogens with zero attached hydrogens (tertiary/aromatic N) is 1. The Morgan fingerprint density at radius 3 is 2.75 bits per heavy atom. The molecular weight excluding hydrogens is 216 g/mol. The Kier molecular flexibility index (Phi) is 3.03. The summed E-state index contributed by atoms with van der Waals surface area (Å²) in [5, 5.41) is 0. The van der Waals surface area contributed by atoms with Crippen molar-refractivity contribution in [1.82, 2.24) is 4.90 Å². The zero-order valence-corrected chi connectivity index (χ0v) is 8.58. The van der Waals surface area contributed by atoms with Gasteiger partial charge in [-0.25, -0.2) is 8.78 Å². The Morgan fingerprint density at radius 1 is 1.38 bits per heavy atom. The monoisotopic (exact) mass is 227 g/mol. The second kappa shape index (κ2) is 4.47. The van der Waals surface area contributed by atoms with Gasteiger partial charge < -0.3 is 9.64 Å². The molecule has 0 atom stereocenters. The molecule has 0 aliphatic carbocycles. The highest BCUT2D eigenvalue weighted by Gasteiger charge is 2.20. The van der Waals surface area contributed by atoms with E-state index in [-0.39, 0.29) is 18.3 Å². The lowest BCUT2D eigenvalue weighted by molar-refractivity contribution is -0.136. The fourth-order valence-corrected chi connectivity index (χ4v) is 1.38. The average molecular weight is 227 g/mol. The summed E-state index contributed by atoms with van der Waals surface area (Å²) >= 11 is 0. The van der Waals surface area contributed by atoms with Gasteiger partial charge in [0, 0.05) is 19.2 Å². The molecule has 1 saturated heterocycles. The molecule has 1 aliphatic heterocycles. The topological polar surface area (TPSA) is 29.5 Å². The number of hydrogen-bond donors (Lipinski definition) is 0. The number of ether oxygens (including phenoxy) is 1. The molecule has 86 valence electrons. The maximum absolute atomic E-state index is 13.1. The minimum atomic E-state index is -0.669. The van der Waals surface area contributed by atoms with E-state index in [9.17, 15) is 13.6 Å². The van der Waals surface area contributed by atoms with Crippen LogP contribution in [0.3, 0.4) is 0 Å². The van der Waals surface area contributed by atoms with Crippen molar-refractivity contribution < 1.29 is 18.3 Å². The van der Waals surface area contributed by atoms with Gasteiger partial charge in [0.15, 0.2) is 18.2 Å². The highest BCUT2D eigenvalue weighted by Crippen LogP contribution is 2.18. The van der Waals surface area contributed by atoms with Crippen LogP contribution in [0, 0.1) is 11.6 Å². The quantitative estimate of drug-likeness (QED) is 0.784. The molecule has 1 aromatic rings. The Hall–Kier alpha value is -1.65. The van der Waals surface area contributed by atoms with Gasteiger partial charge in [-0.1, -0.05) is 0 Å². The zero-order chi connectivity index (χ0) is 11.5. The van der Waals surface area contributed by atoms with E-state index in [1.807, 2.05) is 0 Å². The predicted molar refractivity (Wildman–Crippen MR) is 53.1 cm³/mol. The first-order chi connectivity index (χ1) is 7.66. The summed E-state index contributed by atoms with van der Waals surface area (Å²) in [4.78, 5) is 13.0. The van der Waals surface area contributed by atoms with Crippen molar-refractivity contribution in [1.29, 1.82) is 0 Å². The summed E-state index contributed by atoms with van der Waals surface area (Å²) in [6.07, 6.45) is 0.986. The summed E-state index contributed by atoms with van der Waals surface area (Å²) in [6, 6.07) is 2.90. The predicted octanol–water partition coefficient (Wildman–Crippen LogP) is 1.58. The molecule has 0 N–H and O–H groups in total. The summed E-state index contributed by atoms with van der Waals surface area (Å²) in [5.41, 5.74) is 0. The van der Waals surface area contributed by atoms with E-state index in [1.54, 1.807) is 4.90 Å². The Balaban J connectivity index is 1.93. The molecule has 0 radical (unpaired) electrons. The number of carbonyl (C=O) groups is 1. The highest BCUT2D eigenvalue weighted by atomic mass is 19.1. The molecule has 3 nitrogen and oxygen atoms in total. The largest absolute Gasteiger partial charge is 0.481 e. The third-order valence-corrected chi connectivity index (χ3v) is 2.45. The van der Waals surface area contributed by atoms with Crippen LogP contribution in [0.5, 0.6) is 5.75 Å². The van der Waals surface area contributed by atoms with Gasteiger partial charge in [-0.2, -0.15) is 0 Å². The number of likely N-dealkylation sites (tertiary alicyclic amines) is 1. The molecule has 1 fully saturated rings. The SMILES string of the molecule is O=C(COc1cc(F)ccc1F)N1CCC1. The van der Waals surface area contributed by atoms with Gasteiger partial charge in [-0.3, -0.25) is 4.79 Å². The van der Waals surface area contributed by atoms with Gasteiger partial charge in [0.05, 0.1) is 0 Å². The highest BCUT2D eigenvalue weighted by molar-refractivity contribution is 5.78. The standard InChI is InChI=1S/C11H11F2NO2/c12-8-2-3-9(13)10(6-8)16-7-11(15)14-4-1-5-14/h2-3,6H,1,4-5,7H2. The van der Waals surface area contributed by atoms with Crippen LogP contribution < -0.4 is 4.74 Å². The van der Waals surface area contributed by atoms with Crippen LogP contribution in [-0.2, 0) is 4.79 Å². The zero-order valence-electron chi connectivity index (χ0n) is 8.58. The molecule has 0 saturated carbocycles. The minimum Gasteiger partial charge on any atom is -0.481 e. The molecule has 5 heteroatoms. The van der Waals surface area contributed by atoms with E-state index in [4.69, 9.17) is 4.74 Å². The van der Waals surface area contributed by atoms with E-state index >= 15 is 0 Å². The van der Waals surface area contributed by atoms with E-state index in [2.05, 4.69) is 0 Å². The molecule has 2 rings (SSSR count). The number of halogens is 2. The Bertz CT molecular complexity index is 405. The molecule has 0 bridgehead atoms. The van der Waals surface area contributed by atoms with Gasteiger partial charge in [-0.15, -0.1) is 0 Å². The van der Waals surface area contributed by atoms with E-state index in [1.165, 1.54) is 0 Å². The van der Waals surface area contributed by atoms with Crippen molar-refractivity contribution in [2.75, 3.05) is 19.7 Å². The van der Waals surface area contributed by atoms with E-state index < -0.39 is 11.6 Å². The maximum atomic E-state index is 13.1. The molecule has 1 aliphatic rings. The summed E-state index contributed by atoms with van der Waals surface area (Å²) in [5.74, 6) is -1.69. The van der Waals surface area contributed by atoms with Crippen LogP contribution in [-0.4, -0.2) is 30.5 Å². The van der Waals surface area contributed by atoms with E-state index in [0.29, 0.717) is 13.1 Å². The first kappa shape index (κ1) is 10.9. The number of amides is 1. The van der Waals surface area contributed by atoms with Crippen molar-refractivity contribution in [2.45, 2.75) is 6.42 Å². The second-order valence-electron chi connectivity index (χ2n) is 3.60. The van der Waals surface area contributed by atoms with Crippen molar-refractivity contribution >= 4 is 5.91 Å². The molecule has 0 aromatic heterocycles. The van der Waals surface area contributed by atoms with Crippen molar-refractivity contribution in [3.8, 4) is 5.75 Å². The van der Waals surface area contributed by atoms with Crippen LogP contribution in [0.4, 0.5) is 8.78 Å². The van der Waals surface area contributed by atoms with Crippen molar-refractivity contribution in [3.05, 3.63) is 29.8 Å². The van der Waals surface area contributed by atoms with Gasteiger partial charge in [0.25, 0.3) is 5.91 Å². The van der Waals surface area contributed by atoms with Gasteiger partial charge in [-0.05, 0) is 18.6 Å². The molecule has 1 amide bonds. The molecular formula is C11H11F2NO2. The lowest BCUT2D eigenvalue weighted by Gasteiger charge is -2.30. The van der Waals surface area contributed by atoms with Crippen LogP contribution >= 0.6 is 0 Å². The van der Waals surface area contributed by atoms with Crippen molar-refractivity contribution in [2.24, 2.45) is 0 Å². The third kappa shape index (κ3) is 2.29. The van der Waals surface area contributed by atoms with Gasteiger partial charge in [0.1, 0.15) is 5.82 Å². The molecule has 0 spiro atoms. The maximum Gasteiger partial charge on any atom is 0.260 e.